The number of anilines is 1. The predicted molar refractivity (Wildman–Crippen MR) is 77.0 cm³/mol. The van der Waals surface area contributed by atoms with E-state index < -0.39 is 11.7 Å². The van der Waals surface area contributed by atoms with Crippen LogP contribution in [-0.2, 0) is 4.79 Å². The minimum absolute atomic E-state index is 0.0437. The van der Waals surface area contributed by atoms with Crippen molar-refractivity contribution < 1.29 is 13.9 Å². The molecule has 0 radical (unpaired) electrons. The fourth-order valence-corrected chi connectivity index (χ4v) is 1.83. The van der Waals surface area contributed by atoms with Crippen LogP contribution in [0.25, 0.3) is 0 Å². The number of amides is 1. The van der Waals surface area contributed by atoms with Crippen molar-refractivity contribution in [1.82, 2.24) is 0 Å². The van der Waals surface area contributed by atoms with Crippen LogP contribution < -0.4 is 10.1 Å². The maximum absolute atomic E-state index is 13.5. The van der Waals surface area contributed by atoms with Crippen LogP contribution in [0.2, 0.25) is 10.0 Å². The van der Waals surface area contributed by atoms with Crippen molar-refractivity contribution in [3.8, 4) is 5.75 Å². The second-order valence-corrected chi connectivity index (χ2v) is 4.74. The molecule has 0 saturated carbocycles. The largest absolute Gasteiger partial charge is 0.482 e. The standard InChI is InChI=1S/C14H10Cl2FNO2/c15-9-5-6-12(11(17)7-9)18-14(19)8-20-13-4-2-1-3-10(13)16/h1-7H,8H2,(H,18,19). The second kappa shape index (κ2) is 6.59. The third-order valence-corrected chi connectivity index (χ3v) is 2.95. The first-order valence-corrected chi connectivity index (χ1v) is 6.44. The van der Waals surface area contributed by atoms with Crippen molar-refractivity contribution in [2.75, 3.05) is 11.9 Å². The number of rotatable bonds is 4. The monoisotopic (exact) mass is 313 g/mol. The highest BCUT2D eigenvalue weighted by atomic mass is 35.5. The van der Waals surface area contributed by atoms with Gasteiger partial charge in [0.2, 0.25) is 0 Å². The molecule has 2 aromatic carbocycles. The summed E-state index contributed by atoms with van der Waals surface area (Å²) in [6, 6.07) is 10.7. The van der Waals surface area contributed by atoms with E-state index in [-0.39, 0.29) is 17.3 Å². The van der Waals surface area contributed by atoms with Gasteiger partial charge in [0.1, 0.15) is 11.6 Å². The second-order valence-electron chi connectivity index (χ2n) is 3.89. The first kappa shape index (κ1) is 14.6. The Morgan fingerprint density at radius 2 is 1.95 bits per heavy atom. The van der Waals surface area contributed by atoms with Crippen molar-refractivity contribution in [3.05, 3.63) is 58.3 Å². The van der Waals surface area contributed by atoms with E-state index in [4.69, 9.17) is 27.9 Å². The predicted octanol–water partition coefficient (Wildman–Crippen LogP) is 4.15. The number of nitrogens with one attached hydrogen (secondary N) is 1. The Hall–Kier alpha value is -1.78. The number of para-hydroxylation sites is 1. The van der Waals surface area contributed by atoms with Crippen molar-refractivity contribution in [3.63, 3.8) is 0 Å². The molecule has 0 bridgehead atoms. The zero-order valence-corrected chi connectivity index (χ0v) is 11.7. The molecule has 0 aromatic heterocycles. The van der Waals surface area contributed by atoms with Gasteiger partial charge in [-0.15, -0.1) is 0 Å². The highest BCUT2D eigenvalue weighted by Crippen LogP contribution is 2.23. The van der Waals surface area contributed by atoms with Gasteiger partial charge in [0.15, 0.2) is 6.61 Å². The van der Waals surface area contributed by atoms with Gasteiger partial charge < -0.3 is 10.1 Å². The number of ether oxygens (including phenoxy) is 1. The third-order valence-electron chi connectivity index (χ3n) is 2.40. The lowest BCUT2D eigenvalue weighted by Crippen LogP contribution is -2.20. The number of hydrogen-bond donors (Lipinski definition) is 1. The lowest BCUT2D eigenvalue weighted by Gasteiger charge is -2.09. The highest BCUT2D eigenvalue weighted by molar-refractivity contribution is 6.32. The zero-order valence-electron chi connectivity index (χ0n) is 10.2. The molecule has 0 spiro atoms. The summed E-state index contributed by atoms with van der Waals surface area (Å²) < 4.78 is 18.7. The van der Waals surface area contributed by atoms with E-state index >= 15 is 0 Å². The number of carbonyl (C=O) groups is 1. The van der Waals surface area contributed by atoms with E-state index in [2.05, 4.69) is 5.32 Å². The van der Waals surface area contributed by atoms with Crippen LogP contribution in [0.15, 0.2) is 42.5 Å². The Bertz CT molecular complexity index is 634. The Morgan fingerprint density at radius 1 is 1.20 bits per heavy atom. The fraction of sp³-hybridized carbons (Fsp3) is 0.0714. The smallest absolute Gasteiger partial charge is 0.262 e. The zero-order chi connectivity index (χ0) is 14.5. The van der Waals surface area contributed by atoms with Crippen molar-refractivity contribution in [2.24, 2.45) is 0 Å². The molecule has 0 aliphatic rings. The molecule has 1 N–H and O–H groups in total. The normalized spacial score (nSPS) is 10.2. The summed E-state index contributed by atoms with van der Waals surface area (Å²) >= 11 is 11.5. The van der Waals surface area contributed by atoms with E-state index in [9.17, 15) is 9.18 Å². The molecule has 2 aromatic rings. The van der Waals surface area contributed by atoms with Gasteiger partial charge in [-0.05, 0) is 30.3 Å². The molecule has 0 aliphatic heterocycles. The summed E-state index contributed by atoms with van der Waals surface area (Å²) in [5.41, 5.74) is 0.0437. The maximum atomic E-state index is 13.5. The molecule has 104 valence electrons. The molecule has 0 atom stereocenters. The molecule has 0 aliphatic carbocycles. The summed E-state index contributed by atoms with van der Waals surface area (Å²) in [6.07, 6.45) is 0. The SMILES string of the molecule is O=C(COc1ccccc1Cl)Nc1ccc(Cl)cc1F. The molecule has 6 heteroatoms. The molecule has 0 heterocycles. The van der Waals surface area contributed by atoms with Crippen LogP contribution in [0.3, 0.4) is 0 Å². The fourth-order valence-electron chi connectivity index (χ4n) is 1.48. The summed E-state index contributed by atoms with van der Waals surface area (Å²) in [7, 11) is 0. The maximum Gasteiger partial charge on any atom is 0.262 e. The van der Waals surface area contributed by atoms with Crippen LogP contribution >= 0.6 is 23.2 Å². The molecule has 0 saturated heterocycles. The third kappa shape index (κ3) is 3.85. The topological polar surface area (TPSA) is 38.3 Å². The van der Waals surface area contributed by atoms with E-state index in [1.54, 1.807) is 24.3 Å². The Kier molecular flexibility index (Phi) is 4.82. The van der Waals surface area contributed by atoms with Gasteiger partial charge in [0, 0.05) is 5.02 Å². The van der Waals surface area contributed by atoms with Gasteiger partial charge in [-0.1, -0.05) is 35.3 Å². The average Bonchev–Trinajstić information content (AvgIpc) is 2.41. The van der Waals surface area contributed by atoms with Crippen molar-refractivity contribution in [2.45, 2.75) is 0 Å². The summed E-state index contributed by atoms with van der Waals surface area (Å²) in [5.74, 6) is -0.712. The molecular formula is C14H10Cl2FNO2. The Balaban J connectivity index is 1.94. The minimum atomic E-state index is -0.608. The first-order valence-electron chi connectivity index (χ1n) is 5.68. The molecule has 20 heavy (non-hydrogen) atoms. The van der Waals surface area contributed by atoms with E-state index in [0.717, 1.165) is 6.07 Å². The van der Waals surface area contributed by atoms with Crippen LogP contribution in [0.1, 0.15) is 0 Å². The Labute approximate surface area is 125 Å². The van der Waals surface area contributed by atoms with Crippen LogP contribution in [0.4, 0.5) is 10.1 Å². The van der Waals surface area contributed by atoms with Gasteiger partial charge >= 0.3 is 0 Å². The number of halogens is 3. The van der Waals surface area contributed by atoms with Crippen LogP contribution in [-0.4, -0.2) is 12.5 Å². The van der Waals surface area contributed by atoms with Gasteiger partial charge in [-0.2, -0.15) is 0 Å². The average molecular weight is 314 g/mol. The molecule has 3 nitrogen and oxygen atoms in total. The van der Waals surface area contributed by atoms with E-state index in [1.165, 1.54) is 12.1 Å². The molecule has 1 amide bonds. The molecule has 0 fully saturated rings. The Morgan fingerprint density at radius 3 is 2.65 bits per heavy atom. The van der Waals surface area contributed by atoms with E-state index in [1.807, 2.05) is 0 Å². The molecular weight excluding hydrogens is 304 g/mol. The van der Waals surface area contributed by atoms with Gasteiger partial charge in [0.05, 0.1) is 10.7 Å². The number of carbonyl (C=O) groups excluding carboxylic acids is 1. The summed E-state index contributed by atoms with van der Waals surface area (Å²) in [5, 5.41) is 3.04. The van der Waals surface area contributed by atoms with Crippen molar-refractivity contribution >= 4 is 34.8 Å². The lowest BCUT2D eigenvalue weighted by atomic mass is 10.3. The molecule has 0 unspecified atom stereocenters. The van der Waals surface area contributed by atoms with Crippen LogP contribution in [0.5, 0.6) is 5.75 Å². The first-order chi connectivity index (χ1) is 9.56. The quantitative estimate of drug-likeness (QED) is 0.920. The highest BCUT2D eigenvalue weighted by Gasteiger charge is 2.09. The van der Waals surface area contributed by atoms with E-state index in [0.29, 0.717) is 10.8 Å². The number of hydrogen-bond acceptors (Lipinski definition) is 2. The summed E-state index contributed by atoms with van der Waals surface area (Å²) in [6.45, 7) is -0.272. The summed E-state index contributed by atoms with van der Waals surface area (Å²) in [4.78, 5) is 11.7. The number of benzene rings is 2. The lowest BCUT2D eigenvalue weighted by molar-refractivity contribution is -0.118. The van der Waals surface area contributed by atoms with Crippen molar-refractivity contribution in [1.29, 1.82) is 0 Å². The van der Waals surface area contributed by atoms with Gasteiger partial charge in [0.25, 0.3) is 5.91 Å². The minimum Gasteiger partial charge on any atom is -0.482 e. The van der Waals surface area contributed by atoms with Gasteiger partial charge in [-0.25, -0.2) is 4.39 Å². The molecule has 2 rings (SSSR count). The van der Waals surface area contributed by atoms with Gasteiger partial charge in [-0.3, -0.25) is 4.79 Å². The van der Waals surface area contributed by atoms with Crippen LogP contribution in [0, 0.1) is 5.82 Å².